The third-order valence-electron chi connectivity index (χ3n) is 2.66. The number of aryl methyl sites for hydroxylation is 1. The van der Waals surface area contributed by atoms with Crippen molar-refractivity contribution in [1.82, 2.24) is 9.78 Å². The Morgan fingerprint density at radius 3 is 3.00 bits per heavy atom. The summed E-state index contributed by atoms with van der Waals surface area (Å²) < 4.78 is 7.12. The highest BCUT2D eigenvalue weighted by Crippen LogP contribution is 2.29. The van der Waals surface area contributed by atoms with Crippen LogP contribution in [0.5, 0.6) is 0 Å². The number of nitrogens with zero attached hydrogens (tertiary/aromatic N) is 2. The van der Waals surface area contributed by atoms with Crippen LogP contribution in [-0.4, -0.2) is 27.5 Å². The number of hydrogen-bond acceptors (Lipinski definition) is 4. The van der Waals surface area contributed by atoms with Crippen LogP contribution < -0.4 is 0 Å². The molecule has 1 unspecified atom stereocenters. The number of rotatable bonds is 3. The van der Waals surface area contributed by atoms with Gasteiger partial charge < -0.3 is 9.84 Å². The predicted molar refractivity (Wildman–Crippen MR) is 70.0 cm³/mol. The molecule has 0 aliphatic heterocycles. The Bertz CT molecular complexity index is 594. The minimum absolute atomic E-state index is 0.237. The molecule has 2 aromatic rings. The molecule has 1 aromatic heterocycles. The first-order valence-corrected chi connectivity index (χ1v) is 6.31. The fraction of sp³-hybridized carbons (Fsp3) is 0.333. The Labute approximate surface area is 112 Å². The number of fused-ring (bicyclic) bond motifs is 1. The molecule has 0 radical (unpaired) electrons. The van der Waals surface area contributed by atoms with E-state index >= 15 is 0 Å². The molecule has 2 rings (SSSR count). The lowest BCUT2D eigenvalue weighted by Gasteiger charge is -2.11. The second-order valence-corrected chi connectivity index (χ2v) is 4.56. The van der Waals surface area contributed by atoms with E-state index < -0.39 is 12.1 Å². The van der Waals surface area contributed by atoms with E-state index in [0.29, 0.717) is 15.7 Å². The number of carbonyl (C=O) groups is 1. The Morgan fingerprint density at radius 2 is 2.33 bits per heavy atom. The van der Waals surface area contributed by atoms with Crippen LogP contribution in [0, 0.1) is 0 Å². The second kappa shape index (κ2) is 5.07. The Balaban J connectivity index is 2.54. The van der Waals surface area contributed by atoms with Gasteiger partial charge in [-0.2, -0.15) is 5.10 Å². The van der Waals surface area contributed by atoms with Gasteiger partial charge in [0.2, 0.25) is 0 Å². The average Bonchev–Trinajstić information content (AvgIpc) is 2.65. The zero-order valence-electron chi connectivity index (χ0n) is 10.1. The van der Waals surface area contributed by atoms with Gasteiger partial charge in [0.15, 0.2) is 6.10 Å². The molecule has 0 spiro atoms. The van der Waals surface area contributed by atoms with Gasteiger partial charge >= 0.3 is 5.97 Å². The first-order chi connectivity index (χ1) is 8.56. The number of halogens is 1. The molecule has 1 atom stereocenters. The molecule has 0 aliphatic rings. The van der Waals surface area contributed by atoms with Crippen LogP contribution in [0.4, 0.5) is 0 Å². The molecule has 1 heterocycles. The zero-order valence-corrected chi connectivity index (χ0v) is 11.6. The number of hydrogen-bond donors (Lipinski definition) is 1. The third-order valence-corrected chi connectivity index (χ3v) is 3.24. The third kappa shape index (κ3) is 2.13. The lowest BCUT2D eigenvalue weighted by molar-refractivity contribution is -0.153. The van der Waals surface area contributed by atoms with E-state index in [1.807, 2.05) is 6.07 Å². The normalized spacial score (nSPS) is 12.7. The fourth-order valence-electron chi connectivity index (χ4n) is 1.89. The summed E-state index contributed by atoms with van der Waals surface area (Å²) in [5, 5.41) is 15.1. The molecule has 18 heavy (non-hydrogen) atoms. The number of esters is 1. The van der Waals surface area contributed by atoms with E-state index in [1.165, 1.54) is 0 Å². The Hall–Kier alpha value is -1.40. The maximum atomic E-state index is 11.6. The topological polar surface area (TPSA) is 64.3 Å². The number of aliphatic hydroxyl groups excluding tert-OH is 1. The van der Waals surface area contributed by atoms with Gasteiger partial charge in [-0.3, -0.25) is 4.68 Å². The molecule has 1 N–H and O–H groups in total. The second-order valence-electron chi connectivity index (χ2n) is 3.81. The maximum absolute atomic E-state index is 11.6. The van der Waals surface area contributed by atoms with Crippen LogP contribution in [-0.2, 0) is 16.6 Å². The van der Waals surface area contributed by atoms with Crippen molar-refractivity contribution < 1.29 is 14.6 Å². The van der Waals surface area contributed by atoms with Crippen molar-refractivity contribution in [2.75, 3.05) is 6.61 Å². The lowest BCUT2D eigenvalue weighted by Crippen LogP contribution is -2.16. The standard InChI is InChI=1S/C12H13BrN2O3/c1-3-18-12(17)10(16)7-5-4-6-8-9(7)15(2)14-11(8)13/h4-6,10,16H,3H2,1-2H3. The maximum Gasteiger partial charge on any atom is 0.339 e. The summed E-state index contributed by atoms with van der Waals surface area (Å²) in [6.07, 6.45) is -1.30. The fourth-order valence-corrected chi connectivity index (χ4v) is 2.45. The first kappa shape index (κ1) is 13.0. The molecule has 6 heteroatoms. The Morgan fingerprint density at radius 1 is 1.61 bits per heavy atom. The van der Waals surface area contributed by atoms with Gasteiger partial charge in [-0.1, -0.05) is 18.2 Å². The summed E-state index contributed by atoms with van der Waals surface area (Å²) in [5.74, 6) is -0.651. The predicted octanol–water partition coefficient (Wildman–Crippen LogP) is 1.93. The molecule has 0 aliphatic carbocycles. The molecule has 0 saturated heterocycles. The highest BCUT2D eigenvalue weighted by molar-refractivity contribution is 9.10. The minimum Gasteiger partial charge on any atom is -0.464 e. The van der Waals surface area contributed by atoms with Crippen molar-refractivity contribution in [2.24, 2.45) is 7.05 Å². The van der Waals surface area contributed by atoms with Crippen molar-refractivity contribution in [3.05, 3.63) is 28.4 Å². The monoisotopic (exact) mass is 312 g/mol. The molecule has 0 saturated carbocycles. The summed E-state index contributed by atoms with van der Waals surface area (Å²) in [5.41, 5.74) is 1.21. The minimum atomic E-state index is -1.30. The summed E-state index contributed by atoms with van der Waals surface area (Å²) in [6.45, 7) is 1.94. The van der Waals surface area contributed by atoms with Crippen LogP contribution in [0.2, 0.25) is 0 Å². The number of aliphatic hydroxyl groups is 1. The molecule has 1 aromatic carbocycles. The van der Waals surface area contributed by atoms with Crippen LogP contribution in [0.15, 0.2) is 22.8 Å². The van der Waals surface area contributed by atoms with Gasteiger partial charge in [-0.05, 0) is 22.9 Å². The number of carbonyl (C=O) groups excluding carboxylic acids is 1. The highest BCUT2D eigenvalue weighted by atomic mass is 79.9. The van der Waals surface area contributed by atoms with Gasteiger partial charge in [0.05, 0.1) is 12.1 Å². The van der Waals surface area contributed by atoms with Gasteiger partial charge in [-0.15, -0.1) is 0 Å². The summed E-state index contributed by atoms with van der Waals surface area (Å²) >= 11 is 3.34. The summed E-state index contributed by atoms with van der Waals surface area (Å²) in [6, 6.07) is 5.33. The van der Waals surface area contributed by atoms with E-state index in [2.05, 4.69) is 21.0 Å². The van der Waals surface area contributed by atoms with Crippen LogP contribution in [0.25, 0.3) is 10.9 Å². The van der Waals surface area contributed by atoms with E-state index in [-0.39, 0.29) is 6.61 Å². The van der Waals surface area contributed by atoms with Crippen LogP contribution >= 0.6 is 15.9 Å². The van der Waals surface area contributed by atoms with Gasteiger partial charge in [-0.25, -0.2) is 4.79 Å². The quantitative estimate of drug-likeness (QED) is 0.880. The molecular weight excluding hydrogens is 300 g/mol. The van der Waals surface area contributed by atoms with Crippen molar-refractivity contribution in [2.45, 2.75) is 13.0 Å². The summed E-state index contributed by atoms with van der Waals surface area (Å²) in [4.78, 5) is 11.6. The van der Waals surface area contributed by atoms with Gasteiger partial charge in [0.25, 0.3) is 0 Å². The van der Waals surface area contributed by atoms with E-state index in [9.17, 15) is 9.90 Å². The number of para-hydroxylation sites is 1. The van der Waals surface area contributed by atoms with Gasteiger partial charge in [0, 0.05) is 18.0 Å². The first-order valence-electron chi connectivity index (χ1n) is 5.52. The molecule has 0 amide bonds. The number of benzene rings is 1. The van der Waals surface area contributed by atoms with Crippen molar-refractivity contribution in [3.63, 3.8) is 0 Å². The smallest absolute Gasteiger partial charge is 0.339 e. The highest BCUT2D eigenvalue weighted by Gasteiger charge is 2.23. The summed E-state index contributed by atoms with van der Waals surface area (Å²) in [7, 11) is 1.76. The van der Waals surface area contributed by atoms with Crippen LogP contribution in [0.1, 0.15) is 18.6 Å². The van der Waals surface area contributed by atoms with Crippen molar-refractivity contribution in [3.8, 4) is 0 Å². The van der Waals surface area contributed by atoms with Crippen LogP contribution in [0.3, 0.4) is 0 Å². The van der Waals surface area contributed by atoms with E-state index in [4.69, 9.17) is 4.74 Å². The van der Waals surface area contributed by atoms with Crippen molar-refractivity contribution in [1.29, 1.82) is 0 Å². The average molecular weight is 313 g/mol. The molecular formula is C12H13BrN2O3. The largest absolute Gasteiger partial charge is 0.464 e. The number of ether oxygens (including phenoxy) is 1. The Kier molecular flexibility index (Phi) is 3.68. The van der Waals surface area contributed by atoms with E-state index in [1.54, 1.807) is 30.8 Å². The number of aromatic nitrogens is 2. The molecule has 5 nitrogen and oxygen atoms in total. The van der Waals surface area contributed by atoms with Crippen molar-refractivity contribution >= 4 is 32.8 Å². The SMILES string of the molecule is CCOC(=O)C(O)c1cccc2c(Br)nn(C)c12. The molecule has 0 fully saturated rings. The lowest BCUT2D eigenvalue weighted by atomic mass is 10.1. The van der Waals surface area contributed by atoms with Gasteiger partial charge in [0.1, 0.15) is 4.60 Å². The van der Waals surface area contributed by atoms with E-state index in [0.717, 1.165) is 5.39 Å². The molecule has 96 valence electrons. The zero-order chi connectivity index (χ0) is 13.3. The molecule has 0 bridgehead atoms.